The van der Waals surface area contributed by atoms with Gasteiger partial charge in [-0.25, -0.2) is 0 Å². The van der Waals surface area contributed by atoms with Crippen LogP contribution in [0.3, 0.4) is 0 Å². The zero-order chi connectivity index (χ0) is 14.8. The van der Waals surface area contributed by atoms with Crippen LogP contribution in [0, 0.1) is 5.92 Å². The molecular weight excluding hydrogens is 273 g/mol. The van der Waals surface area contributed by atoms with Crippen molar-refractivity contribution in [2.24, 2.45) is 5.92 Å². The van der Waals surface area contributed by atoms with E-state index in [1.165, 1.54) is 12.1 Å². The molecule has 0 bridgehead atoms. The number of likely N-dealkylation sites (N-methyl/N-ethyl adjacent to an activating group) is 1. The lowest BCUT2D eigenvalue weighted by Gasteiger charge is -2.16. The van der Waals surface area contributed by atoms with Gasteiger partial charge in [-0.1, -0.05) is 0 Å². The van der Waals surface area contributed by atoms with Gasteiger partial charge >= 0.3 is 6.18 Å². The van der Waals surface area contributed by atoms with Crippen molar-refractivity contribution in [3.05, 3.63) is 29.8 Å². The van der Waals surface area contributed by atoms with Gasteiger partial charge in [0, 0.05) is 11.7 Å². The van der Waals surface area contributed by atoms with Crippen LogP contribution in [0.15, 0.2) is 24.3 Å². The second-order valence-corrected chi connectivity index (χ2v) is 4.60. The van der Waals surface area contributed by atoms with Gasteiger partial charge in [0.25, 0.3) is 0 Å². The molecule has 20 heavy (non-hydrogen) atoms. The van der Waals surface area contributed by atoms with E-state index in [2.05, 4.69) is 10.6 Å². The fourth-order valence-corrected chi connectivity index (χ4v) is 2.07. The Morgan fingerprint density at radius 3 is 2.45 bits per heavy atom. The highest BCUT2D eigenvalue weighted by Gasteiger charge is 2.33. The minimum absolute atomic E-state index is 0.0792. The van der Waals surface area contributed by atoms with Gasteiger partial charge in [0.05, 0.1) is 24.7 Å². The molecule has 0 aliphatic carbocycles. The van der Waals surface area contributed by atoms with E-state index in [1.54, 1.807) is 7.05 Å². The maximum atomic E-state index is 12.4. The first-order valence-corrected chi connectivity index (χ1v) is 6.15. The Bertz CT molecular complexity index is 473. The number of hydrogen-bond donors (Lipinski definition) is 2. The maximum Gasteiger partial charge on any atom is 0.416 e. The average Bonchev–Trinajstić information content (AvgIpc) is 2.86. The fourth-order valence-electron chi connectivity index (χ4n) is 2.07. The molecule has 1 heterocycles. The van der Waals surface area contributed by atoms with E-state index in [1.807, 2.05) is 0 Å². The molecular formula is C13H15F3N2O2. The van der Waals surface area contributed by atoms with Crippen LogP contribution in [0.2, 0.25) is 0 Å². The molecule has 4 nitrogen and oxygen atoms in total. The molecule has 1 fully saturated rings. The van der Waals surface area contributed by atoms with Crippen molar-refractivity contribution in [3.63, 3.8) is 0 Å². The van der Waals surface area contributed by atoms with Gasteiger partial charge < -0.3 is 15.4 Å². The number of nitrogens with one attached hydrogen (secondary N) is 2. The first kappa shape index (κ1) is 14.8. The number of ether oxygens (including phenoxy) is 1. The van der Waals surface area contributed by atoms with Crippen LogP contribution >= 0.6 is 0 Å². The van der Waals surface area contributed by atoms with Crippen molar-refractivity contribution in [1.29, 1.82) is 0 Å². The van der Waals surface area contributed by atoms with E-state index in [0.29, 0.717) is 18.9 Å². The minimum atomic E-state index is -4.38. The van der Waals surface area contributed by atoms with E-state index in [9.17, 15) is 18.0 Å². The van der Waals surface area contributed by atoms with Gasteiger partial charge in [-0.2, -0.15) is 13.2 Å². The van der Waals surface area contributed by atoms with Crippen molar-refractivity contribution in [3.8, 4) is 0 Å². The molecule has 1 aromatic rings. The highest BCUT2D eigenvalue weighted by molar-refractivity contribution is 5.93. The van der Waals surface area contributed by atoms with Crippen LogP contribution in [0.5, 0.6) is 0 Å². The average molecular weight is 288 g/mol. The van der Waals surface area contributed by atoms with Crippen LogP contribution in [0.1, 0.15) is 5.56 Å². The number of hydrogen-bond acceptors (Lipinski definition) is 3. The third-order valence-electron chi connectivity index (χ3n) is 3.27. The molecule has 1 aliphatic rings. The Balaban J connectivity index is 2.01. The summed E-state index contributed by atoms with van der Waals surface area (Å²) < 4.78 is 42.4. The SMILES string of the molecule is CNC1COCC1C(=O)Nc1ccc(C(F)(F)F)cc1. The zero-order valence-electron chi connectivity index (χ0n) is 10.8. The van der Waals surface area contributed by atoms with Crippen LogP contribution < -0.4 is 10.6 Å². The number of carbonyl (C=O) groups excluding carboxylic acids is 1. The molecule has 0 radical (unpaired) electrons. The molecule has 0 aromatic heterocycles. The molecule has 1 aliphatic heterocycles. The summed E-state index contributed by atoms with van der Waals surface area (Å²) in [4.78, 5) is 12.0. The Labute approximate surface area is 114 Å². The highest BCUT2D eigenvalue weighted by atomic mass is 19.4. The number of carbonyl (C=O) groups is 1. The second-order valence-electron chi connectivity index (χ2n) is 4.60. The summed E-state index contributed by atoms with van der Waals surface area (Å²) in [6.45, 7) is 0.750. The number of amides is 1. The predicted molar refractivity (Wildman–Crippen MR) is 67.2 cm³/mol. The lowest BCUT2D eigenvalue weighted by atomic mass is 10.0. The Morgan fingerprint density at radius 2 is 1.90 bits per heavy atom. The van der Waals surface area contributed by atoms with Crippen LogP contribution in [0.25, 0.3) is 0 Å². The molecule has 110 valence electrons. The summed E-state index contributed by atoms with van der Waals surface area (Å²) in [6.07, 6.45) is -4.38. The molecule has 7 heteroatoms. The zero-order valence-corrected chi connectivity index (χ0v) is 10.8. The molecule has 1 saturated heterocycles. The molecule has 2 atom stereocenters. The maximum absolute atomic E-state index is 12.4. The van der Waals surface area contributed by atoms with Gasteiger partial charge in [-0.15, -0.1) is 0 Å². The van der Waals surface area contributed by atoms with Gasteiger partial charge in [0.15, 0.2) is 0 Å². The number of halogens is 3. The number of anilines is 1. The van der Waals surface area contributed by atoms with Gasteiger partial charge in [-0.3, -0.25) is 4.79 Å². The highest BCUT2D eigenvalue weighted by Crippen LogP contribution is 2.30. The van der Waals surface area contributed by atoms with Crippen molar-refractivity contribution in [1.82, 2.24) is 5.32 Å². The molecule has 0 spiro atoms. The molecule has 1 aromatic carbocycles. The smallest absolute Gasteiger partial charge is 0.379 e. The van der Waals surface area contributed by atoms with Crippen molar-refractivity contribution >= 4 is 11.6 Å². The predicted octanol–water partition coefficient (Wildman–Crippen LogP) is 1.88. The van der Waals surface area contributed by atoms with E-state index in [-0.39, 0.29) is 17.9 Å². The first-order chi connectivity index (χ1) is 9.41. The molecule has 2 rings (SSSR count). The van der Waals surface area contributed by atoms with E-state index >= 15 is 0 Å². The van der Waals surface area contributed by atoms with Gasteiger partial charge in [0.2, 0.25) is 5.91 Å². The third kappa shape index (κ3) is 3.29. The van der Waals surface area contributed by atoms with Crippen LogP contribution in [0.4, 0.5) is 18.9 Å². The molecule has 2 unspecified atom stereocenters. The fraction of sp³-hybridized carbons (Fsp3) is 0.462. The molecule has 0 saturated carbocycles. The van der Waals surface area contributed by atoms with E-state index in [4.69, 9.17) is 4.74 Å². The largest absolute Gasteiger partial charge is 0.416 e. The van der Waals surface area contributed by atoms with Crippen molar-refractivity contribution in [2.75, 3.05) is 25.6 Å². The van der Waals surface area contributed by atoms with Gasteiger partial charge in [0.1, 0.15) is 0 Å². The monoisotopic (exact) mass is 288 g/mol. The summed E-state index contributed by atoms with van der Waals surface area (Å²) in [7, 11) is 1.73. The standard InChI is InChI=1S/C13H15F3N2O2/c1-17-11-7-20-6-10(11)12(19)18-9-4-2-8(3-5-9)13(14,15)16/h2-5,10-11,17H,6-7H2,1H3,(H,18,19). The summed E-state index contributed by atoms with van der Waals surface area (Å²) in [5.41, 5.74) is -0.405. The Morgan fingerprint density at radius 1 is 1.25 bits per heavy atom. The second kappa shape index (κ2) is 5.80. The quantitative estimate of drug-likeness (QED) is 0.893. The topological polar surface area (TPSA) is 50.4 Å². The third-order valence-corrected chi connectivity index (χ3v) is 3.27. The van der Waals surface area contributed by atoms with Crippen LogP contribution in [-0.2, 0) is 15.7 Å². The van der Waals surface area contributed by atoms with Crippen molar-refractivity contribution in [2.45, 2.75) is 12.2 Å². The van der Waals surface area contributed by atoms with E-state index < -0.39 is 11.7 Å². The summed E-state index contributed by atoms with van der Waals surface area (Å²) in [6, 6.07) is 4.28. The number of alkyl halides is 3. The van der Waals surface area contributed by atoms with Crippen LogP contribution in [-0.4, -0.2) is 32.2 Å². The summed E-state index contributed by atoms with van der Waals surface area (Å²) in [5.74, 6) is -0.607. The summed E-state index contributed by atoms with van der Waals surface area (Å²) in [5, 5.41) is 5.58. The minimum Gasteiger partial charge on any atom is -0.379 e. The number of rotatable bonds is 3. The molecule has 2 N–H and O–H groups in total. The normalized spacial score (nSPS) is 22.8. The molecule has 1 amide bonds. The van der Waals surface area contributed by atoms with E-state index in [0.717, 1.165) is 12.1 Å². The first-order valence-electron chi connectivity index (χ1n) is 6.15. The number of benzene rings is 1. The Hall–Kier alpha value is -1.60. The summed E-state index contributed by atoms with van der Waals surface area (Å²) >= 11 is 0. The lowest BCUT2D eigenvalue weighted by Crippen LogP contribution is -2.39. The lowest BCUT2D eigenvalue weighted by molar-refractivity contribution is -0.137. The Kier molecular flexibility index (Phi) is 4.29. The van der Waals surface area contributed by atoms with Gasteiger partial charge in [-0.05, 0) is 31.3 Å². The van der Waals surface area contributed by atoms with Crippen molar-refractivity contribution < 1.29 is 22.7 Å².